The number of hydrogen-bond acceptors (Lipinski definition) is 5. The lowest BCUT2D eigenvalue weighted by Crippen LogP contribution is -2.14. The molecule has 3 aromatic carbocycles. The number of nitrogens with one attached hydrogen (secondary N) is 1. The maximum absolute atomic E-state index is 12.8. The Morgan fingerprint density at radius 3 is 2.27 bits per heavy atom. The Kier molecular flexibility index (Phi) is 5.18. The summed E-state index contributed by atoms with van der Waals surface area (Å²) in [6.07, 6.45) is 1.62. The first-order valence-electron chi connectivity index (χ1n) is 8.97. The zero-order chi connectivity index (χ0) is 21.1. The molecule has 0 fully saturated rings. The molecular formula is C22H17N3O4S. The summed E-state index contributed by atoms with van der Waals surface area (Å²) in [5.41, 5.74) is 2.22. The molecule has 4 aromatic rings. The molecule has 3 N–H and O–H groups in total. The average Bonchev–Trinajstić information content (AvgIpc) is 3.24. The van der Waals surface area contributed by atoms with E-state index in [1.807, 2.05) is 30.3 Å². The third-order valence-corrected chi connectivity index (χ3v) is 5.34. The van der Waals surface area contributed by atoms with Crippen molar-refractivity contribution in [3.05, 3.63) is 90.6 Å². The fourth-order valence-electron chi connectivity index (χ4n) is 2.93. The average molecular weight is 419 g/mol. The topological polar surface area (TPSA) is 115 Å². The van der Waals surface area contributed by atoms with E-state index in [1.165, 1.54) is 24.3 Å². The van der Waals surface area contributed by atoms with Crippen LogP contribution in [0.3, 0.4) is 0 Å². The Balaban J connectivity index is 1.61. The van der Waals surface area contributed by atoms with E-state index in [-0.39, 0.29) is 10.8 Å². The molecule has 0 bridgehead atoms. The van der Waals surface area contributed by atoms with Crippen LogP contribution in [0.15, 0.2) is 94.4 Å². The van der Waals surface area contributed by atoms with E-state index in [0.29, 0.717) is 28.5 Å². The fraction of sp³-hybridized carbons (Fsp3) is 0. The van der Waals surface area contributed by atoms with Crippen LogP contribution in [0, 0.1) is 0 Å². The second kappa shape index (κ2) is 7.94. The van der Waals surface area contributed by atoms with Gasteiger partial charge in [0.05, 0.1) is 16.7 Å². The van der Waals surface area contributed by atoms with Gasteiger partial charge in [-0.05, 0) is 36.4 Å². The maximum atomic E-state index is 12.8. The smallest absolute Gasteiger partial charge is 0.256 e. The number of hydrogen-bond donors (Lipinski definition) is 2. The van der Waals surface area contributed by atoms with Crippen molar-refractivity contribution in [1.82, 2.24) is 4.98 Å². The predicted molar refractivity (Wildman–Crippen MR) is 113 cm³/mol. The van der Waals surface area contributed by atoms with E-state index in [4.69, 9.17) is 9.56 Å². The summed E-state index contributed by atoms with van der Waals surface area (Å²) in [4.78, 5) is 17.1. The second-order valence-electron chi connectivity index (χ2n) is 6.46. The minimum Gasteiger partial charge on any atom is -0.436 e. The second-order valence-corrected chi connectivity index (χ2v) is 8.03. The molecule has 150 valence electrons. The Morgan fingerprint density at radius 1 is 0.900 bits per heavy atom. The van der Waals surface area contributed by atoms with Crippen molar-refractivity contribution in [2.24, 2.45) is 5.14 Å². The van der Waals surface area contributed by atoms with E-state index < -0.39 is 10.0 Å². The van der Waals surface area contributed by atoms with Crippen molar-refractivity contribution in [2.75, 3.05) is 5.32 Å². The number of sulfonamides is 1. The summed E-state index contributed by atoms with van der Waals surface area (Å²) in [5.74, 6) is 0.539. The van der Waals surface area contributed by atoms with Gasteiger partial charge in [-0.2, -0.15) is 0 Å². The Morgan fingerprint density at radius 2 is 1.57 bits per heavy atom. The molecule has 0 aliphatic carbocycles. The van der Waals surface area contributed by atoms with E-state index in [2.05, 4.69) is 10.3 Å². The summed E-state index contributed by atoms with van der Waals surface area (Å²) in [5, 5.41) is 7.84. The van der Waals surface area contributed by atoms with Crippen LogP contribution in [0.1, 0.15) is 10.4 Å². The standard InChI is InChI=1S/C22H17N3O4S/c23-30(27,28)17-12-10-16(11-13-17)25-21(26)18-8-4-5-9-19(18)22-24-14-20(29-22)15-6-2-1-3-7-15/h1-14H,(H,25,26)(H2,23,27,28). The normalized spacial score (nSPS) is 11.2. The number of anilines is 1. The summed E-state index contributed by atoms with van der Waals surface area (Å²) in [6, 6.07) is 22.1. The van der Waals surface area contributed by atoms with Crippen LogP contribution >= 0.6 is 0 Å². The minimum absolute atomic E-state index is 0.0332. The first kappa shape index (κ1) is 19.6. The third-order valence-electron chi connectivity index (χ3n) is 4.41. The molecule has 4 rings (SSSR count). The monoisotopic (exact) mass is 419 g/mol. The van der Waals surface area contributed by atoms with Gasteiger partial charge in [0.15, 0.2) is 5.76 Å². The lowest BCUT2D eigenvalue weighted by molar-refractivity contribution is 0.102. The van der Waals surface area contributed by atoms with Crippen LogP contribution in [-0.4, -0.2) is 19.3 Å². The largest absolute Gasteiger partial charge is 0.436 e. The summed E-state index contributed by atoms with van der Waals surface area (Å²) >= 11 is 0. The minimum atomic E-state index is -3.80. The molecule has 0 saturated carbocycles. The van der Waals surface area contributed by atoms with Crippen molar-refractivity contribution in [3.8, 4) is 22.8 Å². The van der Waals surface area contributed by atoms with Crippen LogP contribution in [0.25, 0.3) is 22.8 Å². The highest BCUT2D eigenvalue weighted by atomic mass is 32.2. The predicted octanol–water partition coefficient (Wildman–Crippen LogP) is 3.91. The van der Waals surface area contributed by atoms with E-state index in [9.17, 15) is 13.2 Å². The van der Waals surface area contributed by atoms with E-state index in [0.717, 1.165) is 5.56 Å². The molecule has 1 amide bonds. The molecule has 1 heterocycles. The van der Waals surface area contributed by atoms with Crippen LogP contribution in [-0.2, 0) is 10.0 Å². The van der Waals surface area contributed by atoms with Gasteiger partial charge in [0.2, 0.25) is 15.9 Å². The van der Waals surface area contributed by atoms with Crippen LogP contribution < -0.4 is 10.5 Å². The number of nitrogens with two attached hydrogens (primary N) is 1. The molecule has 1 aromatic heterocycles. The molecule has 30 heavy (non-hydrogen) atoms. The van der Waals surface area contributed by atoms with Crippen molar-refractivity contribution in [2.45, 2.75) is 4.90 Å². The number of carbonyl (C=O) groups excluding carboxylic acids is 1. The van der Waals surface area contributed by atoms with Gasteiger partial charge in [-0.15, -0.1) is 0 Å². The SMILES string of the molecule is NS(=O)(=O)c1ccc(NC(=O)c2ccccc2-c2ncc(-c3ccccc3)o2)cc1. The van der Waals surface area contributed by atoms with Crippen LogP contribution in [0.2, 0.25) is 0 Å². The molecular weight excluding hydrogens is 402 g/mol. The van der Waals surface area contributed by atoms with Crippen molar-refractivity contribution in [3.63, 3.8) is 0 Å². The van der Waals surface area contributed by atoms with Gasteiger partial charge in [-0.3, -0.25) is 4.79 Å². The van der Waals surface area contributed by atoms with Crippen LogP contribution in [0.5, 0.6) is 0 Å². The lowest BCUT2D eigenvalue weighted by Gasteiger charge is -2.09. The highest BCUT2D eigenvalue weighted by molar-refractivity contribution is 7.89. The highest BCUT2D eigenvalue weighted by Crippen LogP contribution is 2.28. The molecule has 0 saturated heterocycles. The molecule has 0 unspecified atom stereocenters. The van der Waals surface area contributed by atoms with Gasteiger partial charge in [0.1, 0.15) is 0 Å². The number of oxazole rings is 1. The van der Waals surface area contributed by atoms with Crippen molar-refractivity contribution in [1.29, 1.82) is 0 Å². The number of nitrogens with zero attached hydrogens (tertiary/aromatic N) is 1. The highest BCUT2D eigenvalue weighted by Gasteiger charge is 2.17. The number of primary sulfonamides is 1. The van der Waals surface area contributed by atoms with Gasteiger partial charge in [0, 0.05) is 16.8 Å². The van der Waals surface area contributed by atoms with E-state index >= 15 is 0 Å². The summed E-state index contributed by atoms with van der Waals surface area (Å²) in [7, 11) is -3.80. The quantitative estimate of drug-likeness (QED) is 0.509. The van der Waals surface area contributed by atoms with Gasteiger partial charge < -0.3 is 9.73 Å². The van der Waals surface area contributed by atoms with Gasteiger partial charge in [0.25, 0.3) is 5.91 Å². The zero-order valence-electron chi connectivity index (χ0n) is 15.6. The Hall–Kier alpha value is -3.75. The van der Waals surface area contributed by atoms with Crippen molar-refractivity contribution < 1.29 is 17.6 Å². The summed E-state index contributed by atoms with van der Waals surface area (Å²) in [6.45, 7) is 0. The first-order chi connectivity index (χ1) is 14.4. The zero-order valence-corrected chi connectivity index (χ0v) is 16.5. The third kappa shape index (κ3) is 4.14. The molecule has 8 heteroatoms. The summed E-state index contributed by atoms with van der Waals surface area (Å²) < 4.78 is 28.6. The number of aromatic nitrogens is 1. The molecule has 0 aliphatic rings. The molecule has 0 spiro atoms. The first-order valence-corrected chi connectivity index (χ1v) is 10.5. The molecule has 0 aliphatic heterocycles. The molecule has 0 atom stereocenters. The molecule has 0 radical (unpaired) electrons. The van der Waals surface area contributed by atoms with E-state index in [1.54, 1.807) is 30.5 Å². The van der Waals surface area contributed by atoms with Gasteiger partial charge in [-0.25, -0.2) is 18.5 Å². The number of benzene rings is 3. The number of carbonyl (C=O) groups is 1. The van der Waals surface area contributed by atoms with Crippen LogP contribution in [0.4, 0.5) is 5.69 Å². The number of amides is 1. The lowest BCUT2D eigenvalue weighted by atomic mass is 10.1. The fourth-order valence-corrected chi connectivity index (χ4v) is 3.44. The van der Waals surface area contributed by atoms with Gasteiger partial charge in [-0.1, -0.05) is 42.5 Å². The van der Waals surface area contributed by atoms with Gasteiger partial charge >= 0.3 is 0 Å². The molecule has 7 nitrogen and oxygen atoms in total. The Labute approximate surface area is 173 Å². The van der Waals surface area contributed by atoms with Crippen molar-refractivity contribution >= 4 is 21.6 Å². The Bertz CT molecular complexity index is 1300. The maximum Gasteiger partial charge on any atom is 0.256 e. The number of rotatable bonds is 5.